The number of nitrogens with zero attached hydrogens (tertiary/aromatic N) is 3. The van der Waals surface area contributed by atoms with Crippen molar-refractivity contribution in [1.82, 2.24) is 8.87 Å². The molecule has 0 aliphatic carbocycles. The number of carbonyl (C=O) groups excluding carboxylic acids is 1. The van der Waals surface area contributed by atoms with Gasteiger partial charge in [0, 0.05) is 20.1 Å². The molecule has 9 heteroatoms. The van der Waals surface area contributed by atoms with Gasteiger partial charge >= 0.3 is 0 Å². The molecule has 7 nitrogen and oxygen atoms in total. The monoisotopic (exact) mass is 473 g/mol. The van der Waals surface area contributed by atoms with Crippen LogP contribution in [0.1, 0.15) is 25.3 Å². The van der Waals surface area contributed by atoms with Crippen LogP contribution in [0.15, 0.2) is 52.4 Å². The third-order valence-electron chi connectivity index (χ3n) is 5.92. The molecular weight excluding hydrogens is 446 g/mol. The Balaban J connectivity index is 1.57. The molecule has 0 N–H and O–H groups in total. The molecule has 0 bridgehead atoms. The molecule has 1 aliphatic heterocycles. The first-order valence-corrected chi connectivity index (χ1v) is 12.9. The van der Waals surface area contributed by atoms with E-state index in [4.69, 9.17) is 4.74 Å². The zero-order chi connectivity index (χ0) is 22.9. The van der Waals surface area contributed by atoms with E-state index >= 15 is 0 Å². The molecule has 1 atom stereocenters. The standard InChI is InChI=1S/C23H27N3O4S2/c1-4-16-7-12-20-21(14-16)31-23(25(20)2)24-22(27)17-6-5-13-26(15-17)32(28,29)19-10-8-18(30-3)9-11-19/h7-12,14,17H,4-6,13,15H2,1-3H3. The van der Waals surface area contributed by atoms with Crippen molar-refractivity contribution in [2.75, 3.05) is 20.2 Å². The Morgan fingerprint density at radius 1 is 1.22 bits per heavy atom. The second-order valence-electron chi connectivity index (χ2n) is 7.93. The number of benzene rings is 2. The number of aryl methyl sites for hydroxylation is 2. The molecule has 0 radical (unpaired) electrons. The van der Waals surface area contributed by atoms with Gasteiger partial charge in [-0.25, -0.2) is 8.42 Å². The Morgan fingerprint density at radius 3 is 2.66 bits per heavy atom. The van der Waals surface area contributed by atoms with E-state index in [0.717, 1.165) is 16.6 Å². The highest BCUT2D eigenvalue weighted by atomic mass is 32.2. The van der Waals surface area contributed by atoms with Gasteiger partial charge in [0.1, 0.15) is 5.75 Å². The summed E-state index contributed by atoms with van der Waals surface area (Å²) < 4.78 is 35.7. The fraction of sp³-hybridized carbons (Fsp3) is 0.391. The van der Waals surface area contributed by atoms with Gasteiger partial charge < -0.3 is 9.30 Å². The molecule has 0 saturated carbocycles. The number of thiazole rings is 1. The topological polar surface area (TPSA) is 81.0 Å². The molecule has 4 rings (SSSR count). The molecular formula is C23H27N3O4S2. The lowest BCUT2D eigenvalue weighted by Gasteiger charge is -2.30. The molecule has 1 aliphatic rings. The van der Waals surface area contributed by atoms with E-state index < -0.39 is 15.9 Å². The van der Waals surface area contributed by atoms with Crippen molar-refractivity contribution in [3.63, 3.8) is 0 Å². The summed E-state index contributed by atoms with van der Waals surface area (Å²) in [6, 6.07) is 12.6. The van der Waals surface area contributed by atoms with Crippen molar-refractivity contribution in [2.45, 2.75) is 31.1 Å². The van der Waals surface area contributed by atoms with Gasteiger partial charge in [0.05, 0.1) is 28.1 Å². The van der Waals surface area contributed by atoms with E-state index in [1.165, 1.54) is 40.4 Å². The van der Waals surface area contributed by atoms with Crippen molar-refractivity contribution in [3.8, 4) is 5.75 Å². The van der Waals surface area contributed by atoms with Crippen molar-refractivity contribution < 1.29 is 17.9 Å². The van der Waals surface area contributed by atoms with Gasteiger partial charge in [-0.1, -0.05) is 24.3 Å². The van der Waals surface area contributed by atoms with E-state index in [9.17, 15) is 13.2 Å². The lowest BCUT2D eigenvalue weighted by Crippen LogP contribution is -2.42. The Bertz CT molecular complexity index is 1310. The second kappa shape index (κ2) is 9.17. The third kappa shape index (κ3) is 4.37. The summed E-state index contributed by atoms with van der Waals surface area (Å²) >= 11 is 1.48. The van der Waals surface area contributed by atoms with E-state index in [1.807, 2.05) is 11.6 Å². The van der Waals surface area contributed by atoms with Crippen LogP contribution in [0.4, 0.5) is 0 Å². The number of hydrogen-bond donors (Lipinski definition) is 0. The number of amides is 1. The van der Waals surface area contributed by atoms with E-state index in [2.05, 4.69) is 30.1 Å². The van der Waals surface area contributed by atoms with Crippen LogP contribution in [-0.4, -0.2) is 43.4 Å². The van der Waals surface area contributed by atoms with Gasteiger partial charge in [-0.3, -0.25) is 4.79 Å². The minimum Gasteiger partial charge on any atom is -0.497 e. The van der Waals surface area contributed by atoms with Crippen LogP contribution in [0.5, 0.6) is 5.75 Å². The van der Waals surface area contributed by atoms with Crippen molar-refractivity contribution in [2.24, 2.45) is 18.0 Å². The van der Waals surface area contributed by atoms with Crippen LogP contribution in [0.3, 0.4) is 0 Å². The molecule has 2 aromatic carbocycles. The van der Waals surface area contributed by atoms with Gasteiger partial charge in [0.2, 0.25) is 10.0 Å². The predicted molar refractivity (Wildman–Crippen MR) is 125 cm³/mol. The molecule has 1 saturated heterocycles. The first-order chi connectivity index (χ1) is 15.3. The van der Waals surface area contributed by atoms with Crippen LogP contribution < -0.4 is 9.54 Å². The average Bonchev–Trinajstić information content (AvgIpc) is 3.13. The summed E-state index contributed by atoms with van der Waals surface area (Å²) in [6.07, 6.45) is 2.20. The zero-order valence-electron chi connectivity index (χ0n) is 18.4. The number of aromatic nitrogens is 1. The molecule has 1 unspecified atom stereocenters. The minimum absolute atomic E-state index is 0.144. The molecule has 1 fully saturated rings. The number of sulfonamides is 1. The maximum Gasteiger partial charge on any atom is 0.252 e. The van der Waals surface area contributed by atoms with Gasteiger partial charge in [0.15, 0.2) is 4.80 Å². The number of methoxy groups -OCH3 is 1. The maximum atomic E-state index is 13.1. The van der Waals surface area contributed by atoms with Gasteiger partial charge in [-0.05, 0) is 61.2 Å². The first-order valence-electron chi connectivity index (χ1n) is 10.6. The Hall–Kier alpha value is -2.49. The van der Waals surface area contributed by atoms with Gasteiger partial charge in [-0.15, -0.1) is 0 Å². The number of rotatable bonds is 5. The summed E-state index contributed by atoms with van der Waals surface area (Å²) in [5.74, 6) is -0.123. The lowest BCUT2D eigenvalue weighted by molar-refractivity contribution is -0.122. The van der Waals surface area contributed by atoms with Crippen LogP contribution in [0.25, 0.3) is 10.2 Å². The van der Waals surface area contributed by atoms with Crippen molar-refractivity contribution >= 4 is 37.5 Å². The minimum atomic E-state index is -3.68. The first kappa shape index (κ1) is 22.7. The smallest absolute Gasteiger partial charge is 0.252 e. The highest BCUT2D eigenvalue weighted by molar-refractivity contribution is 7.89. The predicted octanol–water partition coefficient (Wildman–Crippen LogP) is 3.34. The molecule has 0 spiro atoms. The molecule has 1 amide bonds. The number of carbonyl (C=O) groups is 1. The third-order valence-corrected chi connectivity index (χ3v) is 8.89. The normalized spacial score (nSPS) is 18.2. The molecule has 32 heavy (non-hydrogen) atoms. The second-order valence-corrected chi connectivity index (χ2v) is 10.9. The van der Waals surface area contributed by atoms with Crippen LogP contribution >= 0.6 is 11.3 Å². The SMILES string of the molecule is CCc1ccc2c(c1)sc(=NC(=O)C1CCCN(S(=O)(=O)c3ccc(OC)cc3)C1)n2C. The molecule has 2 heterocycles. The lowest BCUT2D eigenvalue weighted by atomic mass is 9.99. The quantitative estimate of drug-likeness (QED) is 0.569. The molecule has 1 aromatic heterocycles. The zero-order valence-corrected chi connectivity index (χ0v) is 20.1. The average molecular weight is 474 g/mol. The number of hydrogen-bond acceptors (Lipinski definition) is 5. The van der Waals surface area contributed by atoms with E-state index in [1.54, 1.807) is 12.1 Å². The summed E-state index contributed by atoms with van der Waals surface area (Å²) in [5.41, 5.74) is 2.27. The summed E-state index contributed by atoms with van der Waals surface area (Å²) in [7, 11) is -0.246. The van der Waals surface area contributed by atoms with Crippen LogP contribution in [-0.2, 0) is 28.3 Å². The number of piperidine rings is 1. The maximum absolute atomic E-state index is 13.1. The Morgan fingerprint density at radius 2 is 1.97 bits per heavy atom. The molecule has 170 valence electrons. The van der Waals surface area contributed by atoms with Crippen LogP contribution in [0, 0.1) is 5.92 Å². The fourth-order valence-corrected chi connectivity index (χ4v) is 6.56. The van der Waals surface area contributed by atoms with E-state index in [0.29, 0.717) is 29.9 Å². The largest absolute Gasteiger partial charge is 0.497 e. The van der Waals surface area contributed by atoms with Crippen molar-refractivity contribution in [3.05, 3.63) is 52.8 Å². The van der Waals surface area contributed by atoms with Gasteiger partial charge in [-0.2, -0.15) is 9.30 Å². The Labute approximate surface area is 192 Å². The number of fused-ring (bicyclic) bond motifs is 1. The van der Waals surface area contributed by atoms with Crippen molar-refractivity contribution in [1.29, 1.82) is 0 Å². The molecule has 3 aromatic rings. The summed E-state index contributed by atoms with van der Waals surface area (Å²) in [5, 5.41) is 0. The van der Waals surface area contributed by atoms with E-state index in [-0.39, 0.29) is 17.3 Å². The Kier molecular flexibility index (Phi) is 6.50. The highest BCUT2D eigenvalue weighted by Crippen LogP contribution is 2.26. The summed E-state index contributed by atoms with van der Waals surface area (Å²) in [4.78, 5) is 18.2. The van der Waals surface area contributed by atoms with Gasteiger partial charge in [0.25, 0.3) is 5.91 Å². The summed E-state index contributed by atoms with van der Waals surface area (Å²) in [6.45, 7) is 2.65. The fourth-order valence-electron chi connectivity index (χ4n) is 3.95. The highest BCUT2D eigenvalue weighted by Gasteiger charge is 2.33. The number of ether oxygens (including phenoxy) is 1. The van der Waals surface area contributed by atoms with Crippen LogP contribution in [0.2, 0.25) is 0 Å².